The van der Waals surface area contributed by atoms with E-state index in [9.17, 15) is 4.79 Å². The maximum Gasteiger partial charge on any atom is 0.337 e. The van der Waals surface area contributed by atoms with Crippen LogP contribution in [0.15, 0.2) is 12.3 Å². The molecule has 0 saturated heterocycles. The number of aromatic amines is 1. The minimum absolute atomic E-state index is 0.136. The number of hydrogen-bond acceptors (Lipinski definition) is 1. The van der Waals surface area contributed by atoms with Crippen LogP contribution in [0.1, 0.15) is 15.9 Å². The molecule has 1 aromatic carbocycles. The summed E-state index contributed by atoms with van der Waals surface area (Å²) in [5, 5.41) is 10.1. The molecule has 2 aromatic rings. The summed E-state index contributed by atoms with van der Waals surface area (Å²) in [6.45, 7) is 1.81. The number of rotatable bonds is 1. The van der Waals surface area contributed by atoms with Crippen molar-refractivity contribution in [3.63, 3.8) is 0 Å². The van der Waals surface area contributed by atoms with E-state index in [4.69, 9.17) is 28.3 Å². The third-order valence-corrected chi connectivity index (χ3v) is 3.22. The molecule has 0 radical (unpaired) electrons. The van der Waals surface area contributed by atoms with Gasteiger partial charge in [0.05, 0.1) is 15.6 Å². The standard InChI is InChI=1S/C10H7Cl2NO2/c1-4-2-6-7(9(12)8(4)11)5(3-13-6)10(14)15/h2-3,13H,1H3,(H,14,15). The Morgan fingerprint density at radius 3 is 2.67 bits per heavy atom. The van der Waals surface area contributed by atoms with E-state index in [1.54, 1.807) is 6.07 Å². The minimum Gasteiger partial charge on any atom is -0.478 e. The summed E-state index contributed by atoms with van der Waals surface area (Å²) in [7, 11) is 0. The first-order valence-corrected chi connectivity index (χ1v) is 4.97. The molecule has 1 heterocycles. The van der Waals surface area contributed by atoms with Crippen molar-refractivity contribution in [2.75, 3.05) is 0 Å². The van der Waals surface area contributed by atoms with E-state index in [2.05, 4.69) is 4.98 Å². The Bertz CT molecular complexity index is 560. The summed E-state index contributed by atoms with van der Waals surface area (Å²) in [6, 6.07) is 1.77. The zero-order valence-electron chi connectivity index (χ0n) is 7.77. The molecule has 78 valence electrons. The molecule has 3 nitrogen and oxygen atoms in total. The molecule has 0 saturated carbocycles. The van der Waals surface area contributed by atoms with Gasteiger partial charge in [-0.15, -0.1) is 0 Å². The molecule has 0 unspecified atom stereocenters. The molecule has 0 bridgehead atoms. The van der Waals surface area contributed by atoms with E-state index in [0.29, 0.717) is 15.9 Å². The summed E-state index contributed by atoms with van der Waals surface area (Å²) in [5.41, 5.74) is 1.63. The number of halogens is 2. The van der Waals surface area contributed by atoms with Gasteiger partial charge < -0.3 is 10.1 Å². The van der Waals surface area contributed by atoms with Crippen LogP contribution in [0.3, 0.4) is 0 Å². The van der Waals surface area contributed by atoms with Gasteiger partial charge in [0.2, 0.25) is 0 Å². The zero-order valence-corrected chi connectivity index (χ0v) is 9.28. The van der Waals surface area contributed by atoms with Crippen molar-refractivity contribution in [2.45, 2.75) is 6.92 Å². The van der Waals surface area contributed by atoms with Crippen molar-refractivity contribution in [1.29, 1.82) is 0 Å². The fraction of sp³-hybridized carbons (Fsp3) is 0.100. The summed E-state index contributed by atoms with van der Waals surface area (Å²) in [5.74, 6) is -1.02. The summed E-state index contributed by atoms with van der Waals surface area (Å²) < 4.78 is 0. The number of aromatic carboxylic acids is 1. The van der Waals surface area contributed by atoms with Crippen molar-refractivity contribution in [1.82, 2.24) is 4.98 Å². The Labute approximate surface area is 95.6 Å². The van der Waals surface area contributed by atoms with E-state index in [1.807, 2.05) is 6.92 Å². The molecule has 1 aromatic heterocycles. The van der Waals surface area contributed by atoms with Crippen molar-refractivity contribution in [3.8, 4) is 0 Å². The molecule has 0 aliphatic carbocycles. The van der Waals surface area contributed by atoms with Gasteiger partial charge in [-0.3, -0.25) is 0 Å². The van der Waals surface area contributed by atoms with Crippen LogP contribution in [0.5, 0.6) is 0 Å². The van der Waals surface area contributed by atoms with Gasteiger partial charge in [0.25, 0.3) is 0 Å². The largest absolute Gasteiger partial charge is 0.478 e. The molecule has 0 aliphatic rings. The highest BCUT2D eigenvalue weighted by atomic mass is 35.5. The second kappa shape index (κ2) is 3.43. The van der Waals surface area contributed by atoms with Crippen LogP contribution in [-0.4, -0.2) is 16.1 Å². The van der Waals surface area contributed by atoms with E-state index in [1.165, 1.54) is 6.20 Å². The number of H-pyrrole nitrogens is 1. The van der Waals surface area contributed by atoms with Crippen LogP contribution < -0.4 is 0 Å². The van der Waals surface area contributed by atoms with Crippen LogP contribution >= 0.6 is 23.2 Å². The molecule has 2 rings (SSSR count). The third-order valence-electron chi connectivity index (χ3n) is 2.26. The van der Waals surface area contributed by atoms with E-state index in [-0.39, 0.29) is 10.6 Å². The predicted molar refractivity (Wildman–Crippen MR) is 60.0 cm³/mol. The van der Waals surface area contributed by atoms with E-state index < -0.39 is 5.97 Å². The Morgan fingerprint density at radius 2 is 2.07 bits per heavy atom. The lowest BCUT2D eigenvalue weighted by atomic mass is 10.1. The van der Waals surface area contributed by atoms with Crippen molar-refractivity contribution in [2.24, 2.45) is 0 Å². The van der Waals surface area contributed by atoms with Crippen LogP contribution in [0.4, 0.5) is 0 Å². The van der Waals surface area contributed by atoms with Crippen LogP contribution in [0.25, 0.3) is 10.9 Å². The van der Waals surface area contributed by atoms with Gasteiger partial charge in [-0.2, -0.15) is 0 Å². The summed E-state index contributed by atoms with van der Waals surface area (Å²) >= 11 is 12.0. The average molecular weight is 244 g/mol. The Balaban J connectivity index is 2.91. The molecule has 0 spiro atoms. The van der Waals surface area contributed by atoms with Crippen molar-refractivity contribution < 1.29 is 9.90 Å². The van der Waals surface area contributed by atoms with Gasteiger partial charge in [-0.25, -0.2) is 4.79 Å². The zero-order chi connectivity index (χ0) is 11.2. The number of benzene rings is 1. The molecular formula is C10H7Cl2NO2. The van der Waals surface area contributed by atoms with Gasteiger partial charge in [0.1, 0.15) is 0 Å². The lowest BCUT2D eigenvalue weighted by molar-refractivity contribution is 0.0699. The fourth-order valence-electron chi connectivity index (χ4n) is 1.52. The summed E-state index contributed by atoms with van der Waals surface area (Å²) in [6.07, 6.45) is 1.41. The van der Waals surface area contributed by atoms with Crippen molar-refractivity contribution in [3.05, 3.63) is 33.4 Å². The third kappa shape index (κ3) is 1.48. The normalized spacial score (nSPS) is 10.9. The number of aryl methyl sites for hydroxylation is 1. The van der Waals surface area contributed by atoms with Crippen LogP contribution in [-0.2, 0) is 0 Å². The van der Waals surface area contributed by atoms with Gasteiger partial charge in [0, 0.05) is 17.1 Å². The summed E-state index contributed by atoms with van der Waals surface area (Å²) in [4.78, 5) is 13.8. The van der Waals surface area contributed by atoms with Crippen LogP contribution in [0.2, 0.25) is 10.0 Å². The molecular weight excluding hydrogens is 237 g/mol. The lowest BCUT2D eigenvalue weighted by Gasteiger charge is -2.03. The first-order valence-electron chi connectivity index (χ1n) is 4.21. The Morgan fingerprint density at radius 1 is 1.40 bits per heavy atom. The number of nitrogens with one attached hydrogen (secondary N) is 1. The Kier molecular flexibility index (Phi) is 2.37. The molecule has 0 fully saturated rings. The molecule has 0 amide bonds. The smallest absolute Gasteiger partial charge is 0.337 e. The molecule has 0 aliphatic heterocycles. The number of carbonyl (C=O) groups is 1. The Hall–Kier alpha value is -1.19. The highest BCUT2D eigenvalue weighted by Crippen LogP contribution is 2.35. The lowest BCUT2D eigenvalue weighted by Crippen LogP contribution is -1.94. The van der Waals surface area contributed by atoms with Gasteiger partial charge >= 0.3 is 5.97 Å². The second-order valence-electron chi connectivity index (χ2n) is 3.25. The highest BCUT2D eigenvalue weighted by molar-refractivity contribution is 6.46. The maximum atomic E-state index is 10.9. The maximum absolute atomic E-state index is 10.9. The SMILES string of the molecule is Cc1cc2[nH]cc(C(=O)O)c2c(Cl)c1Cl. The number of hydrogen-bond donors (Lipinski definition) is 2. The van der Waals surface area contributed by atoms with E-state index >= 15 is 0 Å². The second-order valence-corrected chi connectivity index (χ2v) is 4.01. The van der Waals surface area contributed by atoms with Crippen molar-refractivity contribution >= 4 is 40.1 Å². The molecule has 5 heteroatoms. The first-order chi connectivity index (χ1) is 7.02. The first kappa shape index (κ1) is 10.3. The molecule has 0 atom stereocenters. The van der Waals surface area contributed by atoms with Gasteiger partial charge in [-0.1, -0.05) is 23.2 Å². The number of aromatic nitrogens is 1. The topological polar surface area (TPSA) is 53.1 Å². The average Bonchev–Trinajstić information content (AvgIpc) is 2.58. The minimum atomic E-state index is -1.02. The van der Waals surface area contributed by atoms with Gasteiger partial charge in [-0.05, 0) is 18.6 Å². The van der Waals surface area contributed by atoms with E-state index in [0.717, 1.165) is 5.56 Å². The monoisotopic (exact) mass is 243 g/mol. The molecule has 15 heavy (non-hydrogen) atoms. The van der Waals surface area contributed by atoms with Gasteiger partial charge in [0.15, 0.2) is 0 Å². The molecule has 2 N–H and O–H groups in total. The number of carboxylic acids is 1. The highest BCUT2D eigenvalue weighted by Gasteiger charge is 2.16. The quantitative estimate of drug-likeness (QED) is 0.806. The number of fused-ring (bicyclic) bond motifs is 1. The predicted octanol–water partition coefficient (Wildman–Crippen LogP) is 3.48. The van der Waals surface area contributed by atoms with Crippen LogP contribution in [0, 0.1) is 6.92 Å². The fourth-order valence-corrected chi connectivity index (χ4v) is 2.02. The number of carboxylic acid groups (broad SMARTS) is 1.